The summed E-state index contributed by atoms with van der Waals surface area (Å²) in [6, 6.07) is 6.90. The number of halogens is 1. The lowest BCUT2D eigenvalue weighted by Gasteiger charge is -2.53. The van der Waals surface area contributed by atoms with E-state index in [0.717, 1.165) is 66.0 Å². The Labute approximate surface area is 201 Å². The molecule has 0 spiro atoms. The van der Waals surface area contributed by atoms with Gasteiger partial charge in [-0.25, -0.2) is 4.39 Å². The van der Waals surface area contributed by atoms with E-state index in [2.05, 4.69) is 18.7 Å². The van der Waals surface area contributed by atoms with Crippen molar-refractivity contribution in [2.45, 2.75) is 59.0 Å². The summed E-state index contributed by atoms with van der Waals surface area (Å²) in [5, 5.41) is 12.6. The van der Waals surface area contributed by atoms with Gasteiger partial charge in [-0.3, -0.25) is 0 Å². The normalized spacial score (nSPS) is 26.9. The second kappa shape index (κ2) is 8.26. The number of benzene rings is 2. The van der Waals surface area contributed by atoms with Crippen molar-refractivity contribution in [2.24, 2.45) is 11.3 Å². The van der Waals surface area contributed by atoms with Gasteiger partial charge in [-0.05, 0) is 110 Å². The quantitative estimate of drug-likeness (QED) is 0.668. The van der Waals surface area contributed by atoms with Crippen LogP contribution in [0.5, 0.6) is 5.75 Å². The fourth-order valence-electron chi connectivity index (χ4n) is 6.91. The van der Waals surface area contributed by atoms with Crippen LogP contribution in [-0.4, -0.2) is 48.7 Å². The summed E-state index contributed by atoms with van der Waals surface area (Å²) in [6.45, 7) is 10.9. The minimum atomic E-state index is -1.14. The van der Waals surface area contributed by atoms with Gasteiger partial charge in [0.05, 0.1) is 13.2 Å². The maximum absolute atomic E-state index is 15.6. The molecule has 1 amide bonds. The van der Waals surface area contributed by atoms with Crippen molar-refractivity contribution in [3.8, 4) is 16.9 Å². The van der Waals surface area contributed by atoms with Crippen molar-refractivity contribution in [3.63, 3.8) is 0 Å². The number of hydrogen-bond donors (Lipinski definition) is 0. The van der Waals surface area contributed by atoms with Gasteiger partial charge >= 0.3 is 0 Å². The molecule has 2 bridgehead atoms. The van der Waals surface area contributed by atoms with E-state index in [1.807, 2.05) is 32.0 Å². The number of nitrogens with zero attached hydrogens (tertiary/aromatic N) is 2. The number of rotatable bonds is 4. The zero-order chi connectivity index (χ0) is 24.4. The molecule has 3 fully saturated rings. The van der Waals surface area contributed by atoms with Crippen LogP contribution < -0.4 is 9.84 Å². The lowest BCUT2D eigenvalue weighted by atomic mass is 9.79. The molecule has 3 saturated heterocycles. The minimum absolute atomic E-state index is 0.0997. The molecule has 0 saturated carbocycles. The summed E-state index contributed by atoms with van der Waals surface area (Å²) in [4.78, 5) is 16.5. The Balaban J connectivity index is 1.57. The third-order valence-electron chi connectivity index (χ3n) is 8.35. The highest BCUT2D eigenvalue weighted by atomic mass is 19.1. The third kappa shape index (κ3) is 3.67. The first-order valence-corrected chi connectivity index (χ1v) is 12.3. The Morgan fingerprint density at radius 1 is 1.15 bits per heavy atom. The lowest BCUT2D eigenvalue weighted by molar-refractivity contribution is -0.276. The second-order valence-corrected chi connectivity index (χ2v) is 11.1. The van der Waals surface area contributed by atoms with Gasteiger partial charge in [-0.15, -0.1) is 0 Å². The predicted octanol–water partition coefficient (Wildman–Crippen LogP) is 4.48. The molecule has 5 nitrogen and oxygen atoms in total. The van der Waals surface area contributed by atoms with Gasteiger partial charge in [0, 0.05) is 18.2 Å². The SMILES string of the molecule is COc1c(C)cc(-c2cc3c(cc2F)[C@H](N(C(=O)[O-])[C@@H]2CN4CCC2CC4)C(C)(C)C3)cc1C. The number of hydrogen-bond acceptors (Lipinski definition) is 4. The van der Waals surface area contributed by atoms with Crippen LogP contribution in [0, 0.1) is 31.0 Å². The molecular formula is C28H34FN2O3-. The average molecular weight is 466 g/mol. The molecule has 2 atom stereocenters. The van der Waals surface area contributed by atoms with Gasteiger partial charge in [0.2, 0.25) is 0 Å². The highest BCUT2D eigenvalue weighted by molar-refractivity contribution is 5.71. The summed E-state index contributed by atoms with van der Waals surface area (Å²) in [5.74, 6) is 0.836. The molecule has 0 radical (unpaired) electrons. The Morgan fingerprint density at radius 3 is 2.32 bits per heavy atom. The molecular weight excluding hydrogens is 431 g/mol. The van der Waals surface area contributed by atoms with Crippen LogP contribution in [-0.2, 0) is 6.42 Å². The van der Waals surface area contributed by atoms with E-state index < -0.39 is 12.1 Å². The maximum Gasteiger partial charge on any atom is 0.137 e. The Morgan fingerprint density at radius 2 is 1.79 bits per heavy atom. The van der Waals surface area contributed by atoms with Gasteiger partial charge in [0.15, 0.2) is 0 Å². The van der Waals surface area contributed by atoms with Crippen LogP contribution in [0.2, 0.25) is 0 Å². The van der Waals surface area contributed by atoms with Gasteiger partial charge in [-0.1, -0.05) is 13.8 Å². The van der Waals surface area contributed by atoms with Gasteiger partial charge in [0.25, 0.3) is 0 Å². The first-order valence-electron chi connectivity index (χ1n) is 12.3. The van der Waals surface area contributed by atoms with Crippen LogP contribution in [0.4, 0.5) is 9.18 Å². The number of carboxylic acid groups (broad SMARTS) is 1. The van der Waals surface area contributed by atoms with Crippen LogP contribution in [0.3, 0.4) is 0 Å². The topological polar surface area (TPSA) is 55.8 Å². The number of carbonyl (C=O) groups is 1. The Bertz CT molecular complexity index is 1110. The molecule has 3 aliphatic heterocycles. The summed E-state index contributed by atoms with van der Waals surface area (Å²) >= 11 is 0. The molecule has 34 heavy (non-hydrogen) atoms. The third-order valence-corrected chi connectivity index (χ3v) is 8.35. The molecule has 0 aromatic heterocycles. The first kappa shape index (κ1) is 23.2. The van der Waals surface area contributed by atoms with E-state index in [1.54, 1.807) is 18.1 Å². The average Bonchev–Trinajstić information content (AvgIpc) is 3.03. The number of methoxy groups -OCH3 is 1. The van der Waals surface area contributed by atoms with E-state index in [-0.39, 0.29) is 17.3 Å². The molecule has 3 heterocycles. The first-order chi connectivity index (χ1) is 16.1. The molecule has 0 unspecified atom stereocenters. The number of amides is 1. The minimum Gasteiger partial charge on any atom is -0.530 e. The molecule has 4 aliphatic rings. The van der Waals surface area contributed by atoms with Crippen molar-refractivity contribution in [3.05, 3.63) is 52.3 Å². The lowest BCUT2D eigenvalue weighted by Crippen LogP contribution is -2.62. The molecule has 182 valence electrons. The smallest absolute Gasteiger partial charge is 0.137 e. The summed E-state index contributed by atoms with van der Waals surface area (Å²) < 4.78 is 21.1. The van der Waals surface area contributed by atoms with E-state index in [4.69, 9.17) is 4.74 Å². The molecule has 1 aliphatic carbocycles. The molecule has 6 heteroatoms. The molecule has 2 aromatic carbocycles. The molecule has 0 N–H and O–H groups in total. The Kier molecular flexibility index (Phi) is 5.63. The van der Waals surface area contributed by atoms with Gasteiger partial charge in [0.1, 0.15) is 17.7 Å². The van der Waals surface area contributed by atoms with Crippen molar-refractivity contribution in [1.29, 1.82) is 0 Å². The fraction of sp³-hybridized carbons (Fsp3) is 0.536. The zero-order valence-electron chi connectivity index (χ0n) is 20.8. The summed E-state index contributed by atoms with van der Waals surface area (Å²) in [7, 11) is 1.64. The Hall–Kier alpha value is -2.60. The van der Waals surface area contributed by atoms with E-state index in [9.17, 15) is 9.90 Å². The zero-order valence-corrected chi connectivity index (χ0v) is 20.8. The fourth-order valence-corrected chi connectivity index (χ4v) is 6.91. The van der Waals surface area contributed by atoms with Crippen LogP contribution >= 0.6 is 0 Å². The highest BCUT2D eigenvalue weighted by Crippen LogP contribution is 2.52. The van der Waals surface area contributed by atoms with Crippen molar-refractivity contribution >= 4 is 6.09 Å². The second-order valence-electron chi connectivity index (χ2n) is 11.1. The standard InChI is InChI=1S/C28H35FN2O3/c1-16-10-19(11-17(2)25(16)34-5)21-12-20-14-28(3,4)26(22(20)13-23(21)29)31(27(32)33)24-15-30-8-6-18(24)7-9-30/h10-13,18,24,26H,6-9,14-15H2,1-5H3,(H,32,33)/p-1/t24-,26+/m1/s1. The monoisotopic (exact) mass is 465 g/mol. The number of carbonyl (C=O) groups excluding carboxylic acids is 1. The van der Waals surface area contributed by atoms with Gasteiger partial charge < -0.3 is 24.4 Å². The summed E-state index contributed by atoms with van der Waals surface area (Å²) in [6.07, 6.45) is 1.57. The van der Waals surface area contributed by atoms with Crippen molar-refractivity contribution in [2.75, 3.05) is 26.7 Å². The van der Waals surface area contributed by atoms with E-state index in [0.29, 0.717) is 17.9 Å². The van der Waals surface area contributed by atoms with Crippen molar-refractivity contribution < 1.29 is 19.0 Å². The number of aryl methyl sites for hydroxylation is 2. The van der Waals surface area contributed by atoms with E-state index in [1.165, 1.54) is 0 Å². The van der Waals surface area contributed by atoms with Crippen molar-refractivity contribution in [1.82, 2.24) is 9.80 Å². The predicted molar refractivity (Wildman–Crippen MR) is 128 cm³/mol. The molecule has 6 rings (SSSR count). The van der Waals surface area contributed by atoms with Crippen LogP contribution in [0.25, 0.3) is 11.1 Å². The molecule has 2 aromatic rings. The van der Waals surface area contributed by atoms with E-state index >= 15 is 4.39 Å². The van der Waals surface area contributed by atoms with Crippen LogP contribution in [0.1, 0.15) is 55.0 Å². The maximum atomic E-state index is 15.6. The number of fused-ring (bicyclic) bond motifs is 4. The number of piperidine rings is 3. The van der Waals surface area contributed by atoms with Gasteiger partial charge in [-0.2, -0.15) is 0 Å². The van der Waals surface area contributed by atoms with Crippen LogP contribution in [0.15, 0.2) is 24.3 Å². The highest BCUT2D eigenvalue weighted by Gasteiger charge is 2.48. The summed E-state index contributed by atoms with van der Waals surface area (Å²) in [5.41, 5.74) is 4.73. The number of ether oxygens (including phenoxy) is 1. The largest absolute Gasteiger partial charge is 0.530 e.